The van der Waals surface area contributed by atoms with Crippen LogP contribution in [-0.2, 0) is 0 Å². The van der Waals surface area contributed by atoms with Crippen LogP contribution in [0.4, 0.5) is 5.69 Å². The molecule has 0 fully saturated rings. The van der Waals surface area contributed by atoms with Crippen LogP contribution in [-0.4, -0.2) is 26.6 Å². The van der Waals surface area contributed by atoms with E-state index in [4.69, 9.17) is 0 Å². The quantitative estimate of drug-likeness (QED) is 0.806. The lowest BCUT2D eigenvalue weighted by molar-refractivity contribution is 0.0947. The zero-order valence-corrected chi connectivity index (χ0v) is 12.5. The van der Waals surface area contributed by atoms with Gasteiger partial charge < -0.3 is 5.32 Å². The number of aryl methyl sites for hydroxylation is 1. The number of carbonyl (C=O) groups is 2. The van der Waals surface area contributed by atoms with Crippen molar-refractivity contribution in [1.82, 2.24) is 14.8 Å². The first kappa shape index (κ1) is 14.2. The fourth-order valence-corrected chi connectivity index (χ4v) is 2.74. The SMILES string of the molecule is Cc1ccsc1C(=O)n1ccc(C(=O)Nc2cccnc2)n1. The third-order valence-electron chi connectivity index (χ3n) is 3.01. The van der Waals surface area contributed by atoms with Gasteiger partial charge >= 0.3 is 0 Å². The molecule has 0 aliphatic heterocycles. The number of thiophene rings is 1. The molecule has 0 aromatic carbocycles. The van der Waals surface area contributed by atoms with Crippen LogP contribution in [0.1, 0.15) is 25.7 Å². The molecular weight excluding hydrogens is 300 g/mol. The number of hydrogen-bond donors (Lipinski definition) is 1. The molecule has 22 heavy (non-hydrogen) atoms. The minimum Gasteiger partial charge on any atom is -0.319 e. The summed E-state index contributed by atoms with van der Waals surface area (Å²) < 4.78 is 1.18. The molecule has 0 aliphatic carbocycles. The highest BCUT2D eigenvalue weighted by Gasteiger charge is 2.16. The molecule has 6 nitrogen and oxygen atoms in total. The fourth-order valence-electron chi connectivity index (χ4n) is 1.89. The van der Waals surface area contributed by atoms with Crippen molar-refractivity contribution in [2.75, 3.05) is 5.32 Å². The number of nitrogens with one attached hydrogen (secondary N) is 1. The van der Waals surface area contributed by atoms with Gasteiger partial charge in [-0.2, -0.15) is 5.10 Å². The Morgan fingerprint density at radius 1 is 1.27 bits per heavy atom. The molecule has 110 valence electrons. The topological polar surface area (TPSA) is 76.9 Å². The van der Waals surface area contributed by atoms with E-state index in [0.29, 0.717) is 10.6 Å². The van der Waals surface area contributed by atoms with Crippen LogP contribution in [0.15, 0.2) is 48.2 Å². The third-order valence-corrected chi connectivity index (χ3v) is 4.01. The first-order valence-corrected chi connectivity index (χ1v) is 7.39. The Morgan fingerprint density at radius 2 is 2.14 bits per heavy atom. The predicted molar refractivity (Wildman–Crippen MR) is 83.2 cm³/mol. The second-order valence-corrected chi connectivity index (χ2v) is 5.50. The molecule has 0 saturated carbocycles. The van der Waals surface area contributed by atoms with Gasteiger partial charge in [0.1, 0.15) is 0 Å². The summed E-state index contributed by atoms with van der Waals surface area (Å²) >= 11 is 1.35. The maximum absolute atomic E-state index is 12.3. The number of aromatic nitrogens is 3. The zero-order valence-electron chi connectivity index (χ0n) is 11.7. The average Bonchev–Trinajstić information content (AvgIpc) is 3.16. The third kappa shape index (κ3) is 2.79. The summed E-state index contributed by atoms with van der Waals surface area (Å²) in [6.45, 7) is 1.86. The van der Waals surface area contributed by atoms with Crippen LogP contribution in [0.25, 0.3) is 0 Å². The number of anilines is 1. The van der Waals surface area contributed by atoms with Crippen molar-refractivity contribution in [3.8, 4) is 0 Å². The van der Waals surface area contributed by atoms with E-state index in [1.165, 1.54) is 34.5 Å². The average molecular weight is 312 g/mol. The van der Waals surface area contributed by atoms with Crippen molar-refractivity contribution in [3.05, 3.63) is 64.4 Å². The summed E-state index contributed by atoms with van der Waals surface area (Å²) in [5.41, 5.74) is 1.64. The molecule has 3 rings (SSSR count). The van der Waals surface area contributed by atoms with Crippen molar-refractivity contribution in [1.29, 1.82) is 0 Å². The molecule has 7 heteroatoms. The minimum absolute atomic E-state index is 0.173. The molecule has 1 amide bonds. The number of carbonyl (C=O) groups excluding carboxylic acids is 2. The minimum atomic E-state index is -0.387. The van der Waals surface area contributed by atoms with Crippen LogP contribution in [0.5, 0.6) is 0 Å². The monoisotopic (exact) mass is 312 g/mol. The Hall–Kier alpha value is -2.80. The number of amides is 1. The fraction of sp³-hybridized carbons (Fsp3) is 0.0667. The van der Waals surface area contributed by atoms with E-state index in [2.05, 4.69) is 15.4 Å². The molecular formula is C15H12N4O2S. The molecule has 3 aromatic heterocycles. The van der Waals surface area contributed by atoms with E-state index in [-0.39, 0.29) is 17.5 Å². The van der Waals surface area contributed by atoms with Gasteiger partial charge in [0.2, 0.25) is 0 Å². The summed E-state index contributed by atoms with van der Waals surface area (Å²) in [4.78, 5) is 28.9. The number of nitrogens with zero attached hydrogens (tertiary/aromatic N) is 3. The van der Waals surface area contributed by atoms with Crippen molar-refractivity contribution < 1.29 is 9.59 Å². The van der Waals surface area contributed by atoms with E-state index in [0.717, 1.165) is 5.56 Å². The van der Waals surface area contributed by atoms with Gasteiger partial charge in [0.05, 0.1) is 16.8 Å². The lowest BCUT2D eigenvalue weighted by Crippen LogP contribution is -2.16. The molecule has 0 aliphatic rings. The maximum Gasteiger partial charge on any atom is 0.288 e. The van der Waals surface area contributed by atoms with Crippen molar-refractivity contribution in [2.45, 2.75) is 6.92 Å². The van der Waals surface area contributed by atoms with Crippen LogP contribution >= 0.6 is 11.3 Å². The van der Waals surface area contributed by atoms with Gasteiger partial charge in [-0.1, -0.05) is 0 Å². The Labute approximate surface area is 130 Å². The molecule has 0 unspecified atom stereocenters. The summed E-state index contributed by atoms with van der Waals surface area (Å²) in [6, 6.07) is 6.82. The molecule has 1 N–H and O–H groups in total. The molecule has 0 atom stereocenters. The van der Waals surface area contributed by atoms with Crippen molar-refractivity contribution in [2.24, 2.45) is 0 Å². The largest absolute Gasteiger partial charge is 0.319 e. The van der Waals surface area contributed by atoms with Crippen LogP contribution in [0.2, 0.25) is 0 Å². The van der Waals surface area contributed by atoms with E-state index in [9.17, 15) is 9.59 Å². The second kappa shape index (κ2) is 5.90. The zero-order chi connectivity index (χ0) is 15.5. The Balaban J connectivity index is 1.78. The first-order chi connectivity index (χ1) is 10.6. The lowest BCUT2D eigenvalue weighted by Gasteiger charge is -2.02. The summed E-state index contributed by atoms with van der Waals surface area (Å²) in [5, 5.41) is 8.56. The van der Waals surface area contributed by atoms with Crippen molar-refractivity contribution >= 4 is 28.8 Å². The standard InChI is InChI=1S/C15H12N4O2S/c1-10-5-8-22-13(10)15(21)19-7-4-12(18-19)14(20)17-11-3-2-6-16-9-11/h2-9H,1H3,(H,17,20). The van der Waals surface area contributed by atoms with E-state index in [1.54, 1.807) is 18.3 Å². The number of rotatable bonds is 3. The van der Waals surface area contributed by atoms with Crippen LogP contribution in [0, 0.1) is 6.92 Å². The second-order valence-electron chi connectivity index (χ2n) is 4.58. The lowest BCUT2D eigenvalue weighted by atomic mass is 10.3. The van der Waals surface area contributed by atoms with Crippen molar-refractivity contribution in [3.63, 3.8) is 0 Å². The number of hydrogen-bond acceptors (Lipinski definition) is 5. The first-order valence-electron chi connectivity index (χ1n) is 6.51. The van der Waals surface area contributed by atoms with Crippen LogP contribution < -0.4 is 5.32 Å². The van der Waals surface area contributed by atoms with E-state index >= 15 is 0 Å². The van der Waals surface area contributed by atoms with Gasteiger partial charge in [0.15, 0.2) is 5.69 Å². The molecule has 3 heterocycles. The smallest absolute Gasteiger partial charge is 0.288 e. The Morgan fingerprint density at radius 3 is 2.82 bits per heavy atom. The van der Waals surface area contributed by atoms with E-state index in [1.807, 2.05) is 18.4 Å². The van der Waals surface area contributed by atoms with Gasteiger partial charge in [-0.3, -0.25) is 14.6 Å². The van der Waals surface area contributed by atoms with Gasteiger partial charge in [-0.15, -0.1) is 11.3 Å². The van der Waals surface area contributed by atoms with Gasteiger partial charge in [-0.25, -0.2) is 4.68 Å². The van der Waals surface area contributed by atoms with E-state index < -0.39 is 0 Å². The maximum atomic E-state index is 12.3. The van der Waals surface area contributed by atoms with Gasteiger partial charge in [0.25, 0.3) is 11.8 Å². The number of pyridine rings is 1. The Bertz CT molecular complexity index is 823. The van der Waals surface area contributed by atoms with Gasteiger partial charge in [-0.05, 0) is 42.1 Å². The van der Waals surface area contributed by atoms with Crippen LogP contribution in [0.3, 0.4) is 0 Å². The summed E-state index contributed by atoms with van der Waals surface area (Å²) in [7, 11) is 0. The normalized spacial score (nSPS) is 10.4. The molecule has 0 spiro atoms. The molecule has 0 saturated heterocycles. The molecule has 0 bridgehead atoms. The molecule has 0 radical (unpaired) electrons. The molecule has 3 aromatic rings. The Kier molecular flexibility index (Phi) is 3.80. The van der Waals surface area contributed by atoms with Gasteiger partial charge in [0, 0.05) is 12.4 Å². The predicted octanol–water partition coefficient (Wildman–Crippen LogP) is 2.59. The highest BCUT2D eigenvalue weighted by molar-refractivity contribution is 7.12. The highest BCUT2D eigenvalue weighted by Crippen LogP contribution is 2.17. The summed E-state index contributed by atoms with van der Waals surface area (Å²) in [6.07, 6.45) is 4.64. The summed E-state index contributed by atoms with van der Waals surface area (Å²) in [5.74, 6) is -0.629. The highest BCUT2D eigenvalue weighted by atomic mass is 32.1.